The summed E-state index contributed by atoms with van der Waals surface area (Å²) in [5, 5.41) is 12.0. The molecular weight excluding hydrogens is 246 g/mol. The summed E-state index contributed by atoms with van der Waals surface area (Å²) in [6, 6.07) is 5.32. The number of rotatable bonds is 7. The lowest BCUT2D eigenvalue weighted by molar-refractivity contribution is -0.122. The van der Waals surface area contributed by atoms with Crippen LogP contribution in [0.1, 0.15) is 25.8 Å². The number of benzene rings is 1. The van der Waals surface area contributed by atoms with Gasteiger partial charge in [-0.05, 0) is 26.0 Å². The molecule has 0 aliphatic rings. The lowest BCUT2D eigenvalue weighted by Gasteiger charge is -2.12. The molecule has 0 aliphatic heterocycles. The van der Waals surface area contributed by atoms with Crippen molar-refractivity contribution in [2.75, 3.05) is 13.7 Å². The molecule has 0 heterocycles. The minimum atomic E-state index is -0.114. The summed E-state index contributed by atoms with van der Waals surface area (Å²) in [6.07, 6.45) is 0.278. The third-order valence-electron chi connectivity index (χ3n) is 2.48. The number of amides is 1. The van der Waals surface area contributed by atoms with Gasteiger partial charge in [0, 0.05) is 17.7 Å². The van der Waals surface area contributed by atoms with Crippen molar-refractivity contribution >= 4 is 5.91 Å². The molecule has 0 unspecified atom stereocenters. The molecule has 0 bridgehead atoms. The SMILES string of the molecule is COc1ccc(CO)c(OCCC(=O)NC(C)C)c1. The number of carbonyl (C=O) groups excluding carboxylic acids is 1. The van der Waals surface area contributed by atoms with Crippen LogP contribution in [-0.4, -0.2) is 30.8 Å². The Hall–Kier alpha value is -1.75. The Balaban J connectivity index is 2.54. The van der Waals surface area contributed by atoms with Gasteiger partial charge in [0.2, 0.25) is 5.91 Å². The smallest absolute Gasteiger partial charge is 0.223 e. The van der Waals surface area contributed by atoms with Gasteiger partial charge in [-0.15, -0.1) is 0 Å². The number of hydrogen-bond donors (Lipinski definition) is 2. The zero-order chi connectivity index (χ0) is 14.3. The first-order valence-electron chi connectivity index (χ1n) is 6.26. The molecule has 5 heteroatoms. The number of ether oxygens (including phenoxy) is 2. The molecule has 0 radical (unpaired) electrons. The molecular formula is C14H21NO4. The summed E-state index contributed by atoms with van der Waals surface area (Å²) in [7, 11) is 1.56. The summed E-state index contributed by atoms with van der Waals surface area (Å²) in [6.45, 7) is 3.96. The van der Waals surface area contributed by atoms with Gasteiger partial charge in [0.25, 0.3) is 0 Å². The maximum atomic E-state index is 11.5. The molecule has 2 N–H and O–H groups in total. The van der Waals surface area contributed by atoms with Gasteiger partial charge in [0.15, 0.2) is 0 Å². The van der Waals surface area contributed by atoms with Gasteiger partial charge in [-0.3, -0.25) is 4.79 Å². The van der Waals surface area contributed by atoms with E-state index in [4.69, 9.17) is 9.47 Å². The first kappa shape index (κ1) is 15.3. The van der Waals surface area contributed by atoms with Crippen molar-refractivity contribution in [1.29, 1.82) is 0 Å². The van der Waals surface area contributed by atoms with Crippen LogP contribution in [0.2, 0.25) is 0 Å². The summed E-state index contributed by atoms with van der Waals surface area (Å²) in [5.74, 6) is 1.14. The van der Waals surface area contributed by atoms with Crippen molar-refractivity contribution in [3.63, 3.8) is 0 Å². The van der Waals surface area contributed by atoms with Crippen molar-refractivity contribution in [2.24, 2.45) is 0 Å². The molecule has 5 nitrogen and oxygen atoms in total. The van der Waals surface area contributed by atoms with E-state index >= 15 is 0 Å². The third kappa shape index (κ3) is 5.18. The van der Waals surface area contributed by atoms with Gasteiger partial charge >= 0.3 is 0 Å². The normalized spacial score (nSPS) is 10.4. The Labute approximate surface area is 113 Å². The quantitative estimate of drug-likeness (QED) is 0.785. The predicted octanol–water partition coefficient (Wildman–Crippen LogP) is 1.48. The maximum Gasteiger partial charge on any atom is 0.223 e. The summed E-state index contributed by atoms with van der Waals surface area (Å²) >= 11 is 0. The Morgan fingerprint density at radius 3 is 2.74 bits per heavy atom. The maximum absolute atomic E-state index is 11.5. The molecule has 1 aromatic rings. The molecule has 0 spiro atoms. The van der Waals surface area contributed by atoms with Crippen LogP contribution < -0.4 is 14.8 Å². The van der Waals surface area contributed by atoms with Crippen molar-refractivity contribution < 1.29 is 19.4 Å². The zero-order valence-electron chi connectivity index (χ0n) is 11.6. The van der Waals surface area contributed by atoms with Gasteiger partial charge in [0.1, 0.15) is 11.5 Å². The van der Waals surface area contributed by atoms with Crippen LogP contribution >= 0.6 is 0 Å². The van der Waals surface area contributed by atoms with Crippen LogP contribution in [0.5, 0.6) is 11.5 Å². The largest absolute Gasteiger partial charge is 0.497 e. The van der Waals surface area contributed by atoms with E-state index in [-0.39, 0.29) is 31.6 Å². The van der Waals surface area contributed by atoms with Gasteiger partial charge in [-0.1, -0.05) is 0 Å². The molecule has 0 saturated heterocycles. The van der Waals surface area contributed by atoms with Crippen molar-refractivity contribution in [3.05, 3.63) is 23.8 Å². The van der Waals surface area contributed by atoms with Crippen LogP contribution in [0.15, 0.2) is 18.2 Å². The Morgan fingerprint density at radius 1 is 1.42 bits per heavy atom. The van der Waals surface area contributed by atoms with E-state index in [1.165, 1.54) is 0 Å². The van der Waals surface area contributed by atoms with Gasteiger partial charge < -0.3 is 19.9 Å². The van der Waals surface area contributed by atoms with Gasteiger partial charge in [-0.25, -0.2) is 0 Å². The number of aliphatic hydroxyl groups is 1. The highest BCUT2D eigenvalue weighted by Gasteiger charge is 2.07. The Bertz CT molecular complexity index is 418. The average Bonchev–Trinajstić information content (AvgIpc) is 2.37. The van der Waals surface area contributed by atoms with E-state index in [9.17, 15) is 9.90 Å². The Kier molecular flexibility index (Phi) is 6.15. The minimum Gasteiger partial charge on any atom is -0.497 e. The van der Waals surface area contributed by atoms with E-state index in [1.54, 1.807) is 25.3 Å². The van der Waals surface area contributed by atoms with Crippen LogP contribution in [0.3, 0.4) is 0 Å². The van der Waals surface area contributed by atoms with E-state index in [0.717, 1.165) is 0 Å². The van der Waals surface area contributed by atoms with Gasteiger partial charge in [-0.2, -0.15) is 0 Å². The summed E-state index contributed by atoms with van der Waals surface area (Å²) < 4.78 is 10.6. The average molecular weight is 267 g/mol. The zero-order valence-corrected chi connectivity index (χ0v) is 11.6. The second-order valence-corrected chi connectivity index (χ2v) is 4.45. The number of carbonyl (C=O) groups is 1. The van der Waals surface area contributed by atoms with Crippen molar-refractivity contribution in [2.45, 2.75) is 32.9 Å². The molecule has 0 aromatic heterocycles. The first-order valence-corrected chi connectivity index (χ1v) is 6.26. The number of nitrogens with one attached hydrogen (secondary N) is 1. The lowest BCUT2D eigenvalue weighted by Crippen LogP contribution is -2.31. The molecule has 0 fully saturated rings. The predicted molar refractivity (Wildman–Crippen MR) is 72.3 cm³/mol. The van der Waals surface area contributed by atoms with E-state index in [1.807, 2.05) is 13.8 Å². The summed E-state index contributed by atoms with van der Waals surface area (Å²) in [5.41, 5.74) is 0.671. The number of hydrogen-bond acceptors (Lipinski definition) is 4. The number of methoxy groups -OCH3 is 1. The van der Waals surface area contributed by atoms with E-state index in [2.05, 4.69) is 5.32 Å². The fraction of sp³-hybridized carbons (Fsp3) is 0.500. The van der Waals surface area contributed by atoms with Crippen LogP contribution in [0, 0.1) is 0 Å². The third-order valence-corrected chi connectivity index (χ3v) is 2.48. The first-order chi connectivity index (χ1) is 9.06. The molecule has 1 rings (SSSR count). The van der Waals surface area contributed by atoms with Crippen LogP contribution in [0.25, 0.3) is 0 Å². The van der Waals surface area contributed by atoms with E-state index < -0.39 is 0 Å². The molecule has 0 aliphatic carbocycles. The fourth-order valence-electron chi connectivity index (χ4n) is 1.57. The second kappa shape index (κ2) is 7.63. The topological polar surface area (TPSA) is 67.8 Å². The second-order valence-electron chi connectivity index (χ2n) is 4.45. The molecule has 106 valence electrons. The molecule has 1 aromatic carbocycles. The minimum absolute atomic E-state index is 0.0524. The highest BCUT2D eigenvalue weighted by molar-refractivity contribution is 5.76. The molecule has 0 atom stereocenters. The Morgan fingerprint density at radius 2 is 2.16 bits per heavy atom. The van der Waals surface area contributed by atoms with Gasteiger partial charge in [0.05, 0.1) is 26.7 Å². The molecule has 1 amide bonds. The van der Waals surface area contributed by atoms with E-state index in [0.29, 0.717) is 17.1 Å². The summed E-state index contributed by atoms with van der Waals surface area (Å²) in [4.78, 5) is 11.5. The molecule has 0 saturated carbocycles. The van der Waals surface area contributed by atoms with Crippen LogP contribution in [-0.2, 0) is 11.4 Å². The fourth-order valence-corrected chi connectivity index (χ4v) is 1.57. The molecule has 19 heavy (non-hydrogen) atoms. The number of aliphatic hydroxyl groups excluding tert-OH is 1. The van der Waals surface area contributed by atoms with Crippen molar-refractivity contribution in [1.82, 2.24) is 5.32 Å². The highest BCUT2D eigenvalue weighted by Crippen LogP contribution is 2.24. The monoisotopic (exact) mass is 267 g/mol. The van der Waals surface area contributed by atoms with Crippen LogP contribution in [0.4, 0.5) is 0 Å². The highest BCUT2D eigenvalue weighted by atomic mass is 16.5. The standard InChI is InChI=1S/C14H21NO4/c1-10(2)15-14(17)6-7-19-13-8-12(18-3)5-4-11(13)9-16/h4-5,8,10,16H,6-7,9H2,1-3H3,(H,15,17). The lowest BCUT2D eigenvalue weighted by atomic mass is 10.2. The van der Waals surface area contributed by atoms with Crippen molar-refractivity contribution in [3.8, 4) is 11.5 Å².